The molecule has 0 aromatic carbocycles. The van der Waals surface area contributed by atoms with Gasteiger partial charge in [-0.2, -0.15) is 0 Å². The number of carbonyl (C=O) groups excluding carboxylic acids is 2. The van der Waals surface area contributed by atoms with Crippen molar-refractivity contribution in [2.45, 2.75) is 188 Å². The summed E-state index contributed by atoms with van der Waals surface area (Å²) in [6.45, 7) is 27.6. The van der Waals surface area contributed by atoms with Crippen molar-refractivity contribution in [3.8, 4) is 0 Å². The SMILES string of the molecule is CCOC(C)OC(C)(CC/C=C(\C)C1OC(=O)CC(O)CCC(C)(OC(C)OCC)C(OC(=O)N2CCN(C(C)C)CC2)/C=C/C1C)CC1O/C1=C(\C)C(CC)OC. The second-order valence-corrected chi connectivity index (χ2v) is 17.0. The molecule has 10 unspecified atom stereocenters. The largest absolute Gasteiger partial charge is 0.483 e. The number of carbonyl (C=O) groups is 2. The summed E-state index contributed by atoms with van der Waals surface area (Å²) in [5, 5.41) is 11.1. The Morgan fingerprint density at radius 1 is 1.03 bits per heavy atom. The molecule has 3 heterocycles. The number of hydrogen-bond donors (Lipinski definition) is 1. The Balaban J connectivity index is 1.89. The van der Waals surface area contributed by atoms with E-state index >= 15 is 0 Å². The Hall–Kier alpha value is -2.52. The van der Waals surface area contributed by atoms with Gasteiger partial charge in [-0.3, -0.25) is 9.69 Å². The Labute approximate surface area is 349 Å². The van der Waals surface area contributed by atoms with Gasteiger partial charge in [0.15, 0.2) is 24.8 Å². The van der Waals surface area contributed by atoms with Gasteiger partial charge in [-0.15, -0.1) is 0 Å². The first kappa shape index (κ1) is 49.8. The minimum atomic E-state index is -1.08. The van der Waals surface area contributed by atoms with Crippen LogP contribution in [-0.4, -0.2) is 134 Å². The number of rotatable bonds is 19. The summed E-state index contributed by atoms with van der Waals surface area (Å²) in [4.78, 5) is 31.2. The molecule has 0 aromatic rings. The van der Waals surface area contributed by atoms with Crippen LogP contribution in [0.1, 0.15) is 128 Å². The zero-order valence-corrected chi connectivity index (χ0v) is 38.0. The van der Waals surface area contributed by atoms with E-state index in [1.54, 1.807) is 12.0 Å². The van der Waals surface area contributed by atoms with Crippen LogP contribution >= 0.6 is 0 Å². The van der Waals surface area contributed by atoms with E-state index in [0.29, 0.717) is 58.0 Å². The summed E-state index contributed by atoms with van der Waals surface area (Å²) in [6, 6.07) is 0.394. The van der Waals surface area contributed by atoms with Gasteiger partial charge in [0.05, 0.1) is 24.2 Å². The number of cyclic esters (lactones) is 1. The smallest absolute Gasteiger partial charge is 0.410 e. The molecule has 3 aliphatic rings. The lowest BCUT2D eigenvalue weighted by atomic mass is 9.88. The van der Waals surface area contributed by atoms with Gasteiger partial charge in [-0.05, 0) is 119 Å². The Morgan fingerprint density at radius 2 is 1.69 bits per heavy atom. The van der Waals surface area contributed by atoms with E-state index < -0.39 is 54.2 Å². The molecule has 334 valence electrons. The van der Waals surface area contributed by atoms with Gasteiger partial charge in [0.25, 0.3) is 0 Å². The lowest BCUT2D eigenvalue weighted by Crippen LogP contribution is -2.53. The number of esters is 1. The molecular formula is C45H78N2O11. The highest BCUT2D eigenvalue weighted by atomic mass is 16.7. The molecular weight excluding hydrogens is 744 g/mol. The highest BCUT2D eigenvalue weighted by molar-refractivity contribution is 5.70. The van der Waals surface area contributed by atoms with Crippen LogP contribution in [0.15, 0.2) is 35.1 Å². The van der Waals surface area contributed by atoms with E-state index in [9.17, 15) is 14.7 Å². The number of hydrogen-bond acceptors (Lipinski definition) is 12. The van der Waals surface area contributed by atoms with E-state index in [-0.39, 0.29) is 31.0 Å². The van der Waals surface area contributed by atoms with Gasteiger partial charge in [-0.25, -0.2) is 4.79 Å². The number of amides is 1. The van der Waals surface area contributed by atoms with Crippen molar-refractivity contribution in [2.24, 2.45) is 5.92 Å². The molecule has 1 N–H and O–H groups in total. The third-order valence-corrected chi connectivity index (χ3v) is 11.8. The molecule has 1 amide bonds. The quantitative estimate of drug-likeness (QED) is 0.0592. The van der Waals surface area contributed by atoms with E-state index in [1.165, 1.54) is 0 Å². The van der Waals surface area contributed by atoms with E-state index in [1.807, 2.05) is 60.6 Å². The summed E-state index contributed by atoms with van der Waals surface area (Å²) in [5.74, 6) is 0.166. The third-order valence-electron chi connectivity index (χ3n) is 11.8. The first-order chi connectivity index (χ1) is 27.4. The van der Waals surface area contributed by atoms with Crippen LogP contribution in [0.25, 0.3) is 0 Å². The highest BCUT2D eigenvalue weighted by Gasteiger charge is 2.44. The van der Waals surface area contributed by atoms with E-state index in [0.717, 1.165) is 36.4 Å². The average Bonchev–Trinajstić information content (AvgIpc) is 3.92. The zero-order valence-electron chi connectivity index (χ0n) is 38.0. The van der Waals surface area contributed by atoms with Gasteiger partial charge in [0.2, 0.25) is 0 Å². The molecule has 0 radical (unpaired) electrons. The lowest BCUT2D eigenvalue weighted by Gasteiger charge is -2.41. The van der Waals surface area contributed by atoms with Gasteiger partial charge < -0.3 is 47.9 Å². The highest BCUT2D eigenvalue weighted by Crippen LogP contribution is 2.41. The maximum atomic E-state index is 13.8. The summed E-state index contributed by atoms with van der Waals surface area (Å²) < 4.78 is 48.8. The van der Waals surface area contributed by atoms with Crippen molar-refractivity contribution in [3.63, 3.8) is 0 Å². The van der Waals surface area contributed by atoms with Gasteiger partial charge in [-0.1, -0.05) is 26.0 Å². The third kappa shape index (κ3) is 15.2. The maximum absolute atomic E-state index is 13.8. The molecule has 0 aliphatic carbocycles. The molecule has 10 atom stereocenters. The van der Waals surface area contributed by atoms with E-state index in [2.05, 4.69) is 45.6 Å². The van der Waals surface area contributed by atoms with Crippen LogP contribution in [0.3, 0.4) is 0 Å². The Morgan fingerprint density at radius 3 is 2.29 bits per heavy atom. The predicted octanol–water partition coefficient (Wildman–Crippen LogP) is 7.70. The van der Waals surface area contributed by atoms with Crippen molar-refractivity contribution in [3.05, 3.63) is 35.1 Å². The topological polar surface area (TPSA) is 138 Å². The Kier molecular flexibility index (Phi) is 20.2. The first-order valence-electron chi connectivity index (χ1n) is 21.8. The second kappa shape index (κ2) is 23.5. The molecule has 2 saturated heterocycles. The van der Waals surface area contributed by atoms with Crippen LogP contribution in [0.2, 0.25) is 0 Å². The van der Waals surface area contributed by atoms with Crippen LogP contribution in [0, 0.1) is 5.92 Å². The van der Waals surface area contributed by atoms with Crippen molar-refractivity contribution in [1.29, 1.82) is 0 Å². The zero-order chi connectivity index (χ0) is 43.2. The van der Waals surface area contributed by atoms with Gasteiger partial charge in [0.1, 0.15) is 17.5 Å². The molecule has 0 bridgehead atoms. The number of epoxide rings is 1. The number of aliphatic hydroxyl groups excluding tert-OH is 1. The monoisotopic (exact) mass is 823 g/mol. The fraction of sp³-hybridized carbons (Fsp3) is 0.822. The van der Waals surface area contributed by atoms with Gasteiger partial charge in [0, 0.05) is 64.9 Å². The van der Waals surface area contributed by atoms with E-state index in [4.69, 9.17) is 37.9 Å². The van der Waals surface area contributed by atoms with Crippen LogP contribution < -0.4 is 0 Å². The average molecular weight is 823 g/mol. The van der Waals surface area contributed by atoms with Crippen LogP contribution in [-0.2, 0) is 42.7 Å². The van der Waals surface area contributed by atoms with Crippen molar-refractivity contribution in [2.75, 3.05) is 46.5 Å². The molecule has 0 aromatic heterocycles. The minimum absolute atomic E-state index is 0.0128. The fourth-order valence-electron chi connectivity index (χ4n) is 8.22. The lowest BCUT2D eigenvalue weighted by molar-refractivity contribution is -0.222. The number of allylic oxidation sites excluding steroid dienone is 1. The molecule has 2 fully saturated rings. The predicted molar refractivity (Wildman–Crippen MR) is 224 cm³/mol. The standard InChI is InChI=1S/C45H78N2O11/c1-14-37(51-13)33(8)42-38(54-42)29-44(11,57-34(9)52-15-2)22-17-18-31(6)41-32(7)19-20-39(55-43(50)47-26-24-46(25-27-47)30(4)5)45(12,58-35(10)53-16-3)23-21-36(48)28-40(49)56-41/h18-20,30,32,34-39,41,48H,14-17,21-29H2,1-13H3/b20-19+,31-18+,42-33+. The number of aliphatic hydroxyl groups is 1. The molecule has 3 rings (SSSR count). The van der Waals surface area contributed by atoms with Crippen molar-refractivity contribution < 1.29 is 52.6 Å². The summed E-state index contributed by atoms with van der Waals surface area (Å²) in [6.07, 6.45) is 5.12. The second-order valence-electron chi connectivity index (χ2n) is 17.0. The molecule has 13 heteroatoms. The van der Waals surface area contributed by atoms with Crippen LogP contribution in [0.5, 0.6) is 0 Å². The van der Waals surface area contributed by atoms with Crippen molar-refractivity contribution in [1.82, 2.24) is 9.80 Å². The first-order valence-corrected chi connectivity index (χ1v) is 21.8. The maximum Gasteiger partial charge on any atom is 0.410 e. The summed E-state index contributed by atoms with van der Waals surface area (Å²) in [7, 11) is 1.72. The summed E-state index contributed by atoms with van der Waals surface area (Å²) in [5.41, 5.74) is 0.323. The molecule has 0 spiro atoms. The van der Waals surface area contributed by atoms with Crippen molar-refractivity contribution >= 4 is 12.1 Å². The van der Waals surface area contributed by atoms with Crippen LogP contribution in [0.4, 0.5) is 4.79 Å². The number of methoxy groups -OCH3 is 1. The molecule has 0 saturated carbocycles. The molecule has 3 aliphatic heterocycles. The fourth-order valence-corrected chi connectivity index (χ4v) is 8.22. The molecule has 58 heavy (non-hydrogen) atoms. The van der Waals surface area contributed by atoms with Gasteiger partial charge >= 0.3 is 12.1 Å². The minimum Gasteiger partial charge on any atom is -0.483 e. The normalized spacial score (nSPS) is 30.5. The summed E-state index contributed by atoms with van der Waals surface area (Å²) >= 11 is 0. The number of ether oxygens (including phenoxy) is 8. The number of nitrogens with zero attached hydrogens (tertiary/aromatic N) is 2. The number of piperazine rings is 1. The molecule has 13 nitrogen and oxygen atoms in total. The Bertz CT molecular complexity index is 1370.